The lowest BCUT2D eigenvalue weighted by Gasteiger charge is -2.08. The molecule has 0 radical (unpaired) electrons. The molecule has 1 heterocycles. The van der Waals surface area contributed by atoms with Crippen LogP contribution in [0.25, 0.3) is 10.1 Å². The SMILES string of the molecule is COC(=O)c1sc2ccccc2c1OS(=O)(=O)c1ccc(Cl)cc1. The number of ether oxygens (including phenoxy) is 1. The Hall–Kier alpha value is -2.09. The number of benzene rings is 2. The first-order valence-corrected chi connectivity index (χ1v) is 9.32. The number of hydrogen-bond acceptors (Lipinski definition) is 6. The van der Waals surface area contributed by atoms with Gasteiger partial charge >= 0.3 is 16.1 Å². The highest BCUT2D eigenvalue weighted by molar-refractivity contribution is 7.87. The van der Waals surface area contributed by atoms with Crippen LogP contribution >= 0.6 is 22.9 Å². The predicted molar refractivity (Wildman–Crippen MR) is 92.4 cm³/mol. The van der Waals surface area contributed by atoms with Crippen molar-refractivity contribution in [2.75, 3.05) is 7.11 Å². The number of carbonyl (C=O) groups is 1. The van der Waals surface area contributed by atoms with E-state index in [1.807, 2.05) is 0 Å². The van der Waals surface area contributed by atoms with E-state index in [0.29, 0.717) is 10.4 Å². The van der Waals surface area contributed by atoms with Crippen LogP contribution in [0.5, 0.6) is 5.75 Å². The monoisotopic (exact) mass is 382 g/mol. The van der Waals surface area contributed by atoms with Gasteiger partial charge in [-0.2, -0.15) is 8.42 Å². The molecule has 0 saturated carbocycles. The lowest BCUT2D eigenvalue weighted by Crippen LogP contribution is -2.11. The van der Waals surface area contributed by atoms with Gasteiger partial charge in [0.05, 0.1) is 7.11 Å². The van der Waals surface area contributed by atoms with Gasteiger partial charge in [-0.15, -0.1) is 11.3 Å². The minimum atomic E-state index is -4.12. The van der Waals surface area contributed by atoms with Crippen LogP contribution in [-0.4, -0.2) is 21.5 Å². The Kier molecular flexibility index (Phi) is 4.49. The summed E-state index contributed by atoms with van der Waals surface area (Å²) in [5, 5.41) is 0.936. The van der Waals surface area contributed by atoms with Crippen molar-refractivity contribution in [1.82, 2.24) is 0 Å². The average molecular weight is 383 g/mol. The molecule has 0 N–H and O–H groups in total. The van der Waals surface area contributed by atoms with Crippen molar-refractivity contribution >= 4 is 49.1 Å². The smallest absolute Gasteiger partial charge is 0.351 e. The zero-order valence-electron chi connectivity index (χ0n) is 12.4. The highest BCUT2D eigenvalue weighted by atomic mass is 35.5. The molecule has 3 rings (SSSR count). The maximum atomic E-state index is 12.5. The van der Waals surface area contributed by atoms with Crippen LogP contribution in [0.1, 0.15) is 9.67 Å². The lowest BCUT2D eigenvalue weighted by molar-refractivity contribution is 0.0605. The van der Waals surface area contributed by atoms with Crippen molar-refractivity contribution in [3.63, 3.8) is 0 Å². The zero-order valence-corrected chi connectivity index (χ0v) is 14.7. The largest absolute Gasteiger partial charge is 0.465 e. The quantitative estimate of drug-likeness (QED) is 0.501. The molecule has 24 heavy (non-hydrogen) atoms. The Labute approximate surface area is 147 Å². The first-order chi connectivity index (χ1) is 11.4. The highest BCUT2D eigenvalue weighted by Crippen LogP contribution is 2.39. The molecule has 124 valence electrons. The van der Waals surface area contributed by atoms with E-state index >= 15 is 0 Å². The molecule has 0 atom stereocenters. The second-order valence-corrected chi connectivity index (χ2v) is 7.77. The van der Waals surface area contributed by atoms with Crippen molar-refractivity contribution in [2.45, 2.75) is 4.90 Å². The van der Waals surface area contributed by atoms with E-state index in [0.717, 1.165) is 16.0 Å². The number of esters is 1. The minimum Gasteiger partial charge on any atom is -0.465 e. The number of hydrogen-bond donors (Lipinski definition) is 0. The Bertz CT molecular complexity index is 1010. The van der Waals surface area contributed by atoms with E-state index in [1.54, 1.807) is 24.3 Å². The Balaban J connectivity index is 2.11. The van der Waals surface area contributed by atoms with Crippen LogP contribution in [-0.2, 0) is 14.9 Å². The third-order valence-electron chi connectivity index (χ3n) is 3.22. The van der Waals surface area contributed by atoms with E-state index in [1.165, 1.54) is 31.4 Å². The van der Waals surface area contributed by atoms with Gasteiger partial charge in [-0.05, 0) is 36.4 Å². The summed E-state index contributed by atoms with van der Waals surface area (Å²) < 4.78 is 35.7. The number of carbonyl (C=O) groups excluding carboxylic acids is 1. The summed E-state index contributed by atoms with van der Waals surface area (Å²) in [7, 11) is -2.89. The van der Waals surface area contributed by atoms with Crippen molar-refractivity contribution in [3.8, 4) is 5.75 Å². The summed E-state index contributed by atoms with van der Waals surface area (Å²) in [4.78, 5) is 12.0. The van der Waals surface area contributed by atoms with Gasteiger partial charge in [0.15, 0.2) is 10.6 Å². The molecule has 0 aliphatic carbocycles. The topological polar surface area (TPSA) is 69.7 Å². The molecule has 0 amide bonds. The van der Waals surface area contributed by atoms with E-state index in [2.05, 4.69) is 0 Å². The maximum Gasteiger partial charge on any atom is 0.351 e. The predicted octanol–water partition coefficient (Wildman–Crippen LogP) is 4.11. The van der Waals surface area contributed by atoms with Gasteiger partial charge in [0.1, 0.15) is 4.90 Å². The Morgan fingerprint density at radius 2 is 1.75 bits per heavy atom. The molecule has 0 aliphatic heterocycles. The second kappa shape index (κ2) is 6.43. The fourth-order valence-corrected chi connectivity index (χ4v) is 4.28. The van der Waals surface area contributed by atoms with E-state index in [-0.39, 0.29) is 15.5 Å². The Morgan fingerprint density at radius 3 is 2.42 bits per heavy atom. The molecule has 0 saturated heterocycles. The van der Waals surface area contributed by atoms with Crippen molar-refractivity contribution < 1.29 is 22.1 Å². The number of thiophene rings is 1. The van der Waals surface area contributed by atoms with Crippen molar-refractivity contribution in [1.29, 1.82) is 0 Å². The van der Waals surface area contributed by atoms with Gasteiger partial charge in [0.25, 0.3) is 0 Å². The maximum absolute atomic E-state index is 12.5. The van der Waals surface area contributed by atoms with Crippen LogP contribution < -0.4 is 4.18 Å². The molecule has 8 heteroatoms. The molecule has 3 aromatic rings. The molecular formula is C16H11ClO5S2. The molecule has 0 bridgehead atoms. The first-order valence-electron chi connectivity index (χ1n) is 6.72. The van der Waals surface area contributed by atoms with E-state index in [4.69, 9.17) is 20.5 Å². The number of fused-ring (bicyclic) bond motifs is 1. The molecule has 0 aliphatic rings. The Morgan fingerprint density at radius 1 is 1.08 bits per heavy atom. The van der Waals surface area contributed by atoms with Crippen molar-refractivity contribution in [2.24, 2.45) is 0 Å². The van der Waals surface area contributed by atoms with E-state index in [9.17, 15) is 13.2 Å². The van der Waals surface area contributed by atoms with Crippen LogP contribution in [0, 0.1) is 0 Å². The van der Waals surface area contributed by atoms with Crippen LogP contribution in [0.15, 0.2) is 53.4 Å². The van der Waals surface area contributed by atoms with E-state index < -0.39 is 16.1 Å². The number of halogens is 1. The zero-order chi connectivity index (χ0) is 17.3. The third kappa shape index (κ3) is 3.10. The van der Waals surface area contributed by atoms with Crippen LogP contribution in [0.4, 0.5) is 0 Å². The molecule has 5 nitrogen and oxygen atoms in total. The highest BCUT2D eigenvalue weighted by Gasteiger charge is 2.26. The summed E-state index contributed by atoms with van der Waals surface area (Å²) in [6.45, 7) is 0. The summed E-state index contributed by atoms with van der Waals surface area (Å²) in [6, 6.07) is 12.6. The third-order valence-corrected chi connectivity index (χ3v) is 5.84. The number of rotatable bonds is 4. The molecule has 2 aromatic carbocycles. The van der Waals surface area contributed by atoms with Gasteiger partial charge in [-0.1, -0.05) is 23.7 Å². The fraction of sp³-hybridized carbons (Fsp3) is 0.0625. The lowest BCUT2D eigenvalue weighted by atomic mass is 10.2. The summed E-state index contributed by atoms with van der Waals surface area (Å²) >= 11 is 6.88. The average Bonchev–Trinajstić information content (AvgIpc) is 2.93. The molecule has 0 spiro atoms. The minimum absolute atomic E-state index is 0.0302. The fourth-order valence-electron chi connectivity index (χ4n) is 2.09. The van der Waals surface area contributed by atoms with Crippen LogP contribution in [0.2, 0.25) is 5.02 Å². The normalized spacial score (nSPS) is 11.4. The van der Waals surface area contributed by atoms with Crippen LogP contribution in [0.3, 0.4) is 0 Å². The molecule has 1 aromatic heterocycles. The molecule has 0 fully saturated rings. The van der Waals surface area contributed by atoms with Gasteiger partial charge in [-0.25, -0.2) is 4.79 Å². The van der Waals surface area contributed by atoms with Gasteiger partial charge in [0.2, 0.25) is 0 Å². The molecule has 0 unspecified atom stereocenters. The van der Waals surface area contributed by atoms with Gasteiger partial charge in [0, 0.05) is 15.1 Å². The standard InChI is InChI=1S/C16H11ClO5S2/c1-21-16(18)15-14(12-4-2-3-5-13(12)23-15)22-24(19,20)11-8-6-10(17)7-9-11/h2-9H,1H3. The summed E-state index contributed by atoms with van der Waals surface area (Å²) in [6.07, 6.45) is 0. The van der Waals surface area contributed by atoms with Crippen molar-refractivity contribution in [3.05, 3.63) is 58.4 Å². The summed E-state index contributed by atoms with van der Waals surface area (Å²) in [5.41, 5.74) is 0. The first kappa shape index (κ1) is 16.8. The van der Waals surface area contributed by atoms with Gasteiger partial charge < -0.3 is 8.92 Å². The second-order valence-electron chi connectivity index (χ2n) is 4.74. The molecular weight excluding hydrogens is 372 g/mol. The summed E-state index contributed by atoms with van der Waals surface area (Å²) in [5.74, 6) is -0.685. The van der Waals surface area contributed by atoms with Gasteiger partial charge in [-0.3, -0.25) is 0 Å². The number of methoxy groups -OCH3 is 1.